The smallest absolute Gasteiger partial charge is 0.123 e. The minimum Gasteiger partial charge on any atom is -0.486 e. The van der Waals surface area contributed by atoms with E-state index in [4.69, 9.17) is 4.74 Å². The van der Waals surface area contributed by atoms with Crippen LogP contribution in [0.2, 0.25) is 0 Å². The lowest BCUT2D eigenvalue weighted by atomic mass is 10.0. The molecule has 0 spiro atoms. The largest absolute Gasteiger partial charge is 0.486 e. The molecule has 1 aromatic carbocycles. The second-order valence-corrected chi connectivity index (χ2v) is 5.10. The Kier molecular flexibility index (Phi) is 3.98. The van der Waals surface area contributed by atoms with Crippen LogP contribution < -0.4 is 10.1 Å². The molecule has 1 aromatic rings. The fourth-order valence-corrected chi connectivity index (χ4v) is 1.87. The lowest BCUT2D eigenvalue weighted by Gasteiger charge is -2.27. The van der Waals surface area contributed by atoms with Crippen LogP contribution in [0.1, 0.15) is 30.5 Å². The van der Waals surface area contributed by atoms with Gasteiger partial charge in [0, 0.05) is 6.54 Å². The molecule has 0 saturated heterocycles. The van der Waals surface area contributed by atoms with E-state index in [1.54, 1.807) is 0 Å². The first-order valence-corrected chi connectivity index (χ1v) is 5.77. The van der Waals surface area contributed by atoms with Gasteiger partial charge in [0.1, 0.15) is 11.4 Å². The Morgan fingerprint density at radius 3 is 2.38 bits per heavy atom. The standard InChI is InChI=1S/C14H23NO/c1-10-7-11(2)12(3)13(8-10)16-14(4,5)9-15-6/h7-8,15H,9H2,1-6H3. The SMILES string of the molecule is CNCC(C)(C)Oc1cc(C)cc(C)c1C. The topological polar surface area (TPSA) is 21.3 Å². The maximum atomic E-state index is 6.07. The highest BCUT2D eigenvalue weighted by molar-refractivity contribution is 5.42. The van der Waals surface area contributed by atoms with Crippen LogP contribution in [-0.4, -0.2) is 19.2 Å². The summed E-state index contributed by atoms with van der Waals surface area (Å²) < 4.78 is 6.07. The number of ether oxygens (including phenoxy) is 1. The molecule has 0 atom stereocenters. The summed E-state index contributed by atoms with van der Waals surface area (Å²) in [4.78, 5) is 0. The quantitative estimate of drug-likeness (QED) is 0.844. The van der Waals surface area contributed by atoms with E-state index in [1.165, 1.54) is 16.7 Å². The first kappa shape index (κ1) is 13.0. The molecule has 90 valence electrons. The van der Waals surface area contributed by atoms with Crippen molar-refractivity contribution in [3.05, 3.63) is 28.8 Å². The molecule has 0 aliphatic carbocycles. The molecule has 0 unspecified atom stereocenters. The van der Waals surface area contributed by atoms with Crippen molar-refractivity contribution in [1.82, 2.24) is 5.32 Å². The molecule has 0 radical (unpaired) electrons. The van der Waals surface area contributed by atoms with Crippen LogP contribution in [0.5, 0.6) is 5.75 Å². The van der Waals surface area contributed by atoms with E-state index in [0.717, 1.165) is 12.3 Å². The lowest BCUT2D eigenvalue weighted by Crippen LogP contribution is -2.39. The molecular formula is C14H23NO. The van der Waals surface area contributed by atoms with E-state index in [9.17, 15) is 0 Å². The first-order valence-electron chi connectivity index (χ1n) is 5.77. The molecule has 0 saturated carbocycles. The van der Waals surface area contributed by atoms with Gasteiger partial charge in [0.15, 0.2) is 0 Å². The van der Waals surface area contributed by atoms with Crippen LogP contribution in [0, 0.1) is 20.8 Å². The van der Waals surface area contributed by atoms with E-state index in [0.29, 0.717) is 0 Å². The predicted octanol–water partition coefficient (Wildman–Crippen LogP) is 2.99. The molecule has 1 rings (SSSR count). The molecule has 0 fully saturated rings. The highest BCUT2D eigenvalue weighted by Crippen LogP contribution is 2.26. The van der Waals surface area contributed by atoms with Crippen LogP contribution in [0.3, 0.4) is 0 Å². The van der Waals surface area contributed by atoms with Crippen LogP contribution >= 0.6 is 0 Å². The number of hydrogen-bond acceptors (Lipinski definition) is 2. The van der Waals surface area contributed by atoms with Gasteiger partial charge in [0.2, 0.25) is 0 Å². The summed E-state index contributed by atoms with van der Waals surface area (Å²) in [5.41, 5.74) is 3.59. The van der Waals surface area contributed by atoms with E-state index < -0.39 is 0 Å². The molecule has 0 aromatic heterocycles. The van der Waals surface area contributed by atoms with Crippen molar-refractivity contribution >= 4 is 0 Å². The Labute approximate surface area is 99.0 Å². The van der Waals surface area contributed by atoms with Crippen molar-refractivity contribution in [2.45, 2.75) is 40.2 Å². The highest BCUT2D eigenvalue weighted by Gasteiger charge is 2.20. The number of likely N-dealkylation sites (N-methyl/N-ethyl adjacent to an activating group) is 1. The number of hydrogen-bond donors (Lipinski definition) is 1. The van der Waals surface area contributed by atoms with Crippen LogP contribution in [0.4, 0.5) is 0 Å². The van der Waals surface area contributed by atoms with Gasteiger partial charge in [-0.1, -0.05) is 6.07 Å². The molecule has 0 aliphatic rings. The Hall–Kier alpha value is -1.02. The van der Waals surface area contributed by atoms with Crippen molar-refractivity contribution in [3.63, 3.8) is 0 Å². The Balaban J connectivity index is 2.97. The van der Waals surface area contributed by atoms with Gasteiger partial charge in [-0.2, -0.15) is 0 Å². The average Bonchev–Trinajstić information content (AvgIpc) is 2.12. The summed E-state index contributed by atoms with van der Waals surface area (Å²) in [6.07, 6.45) is 0. The predicted molar refractivity (Wildman–Crippen MR) is 69.3 cm³/mol. The molecule has 2 nitrogen and oxygen atoms in total. The first-order chi connectivity index (χ1) is 7.35. The molecular weight excluding hydrogens is 198 g/mol. The van der Waals surface area contributed by atoms with Crippen molar-refractivity contribution in [2.75, 3.05) is 13.6 Å². The van der Waals surface area contributed by atoms with Crippen molar-refractivity contribution < 1.29 is 4.74 Å². The molecule has 0 aliphatic heterocycles. The van der Waals surface area contributed by atoms with Gasteiger partial charge in [0.25, 0.3) is 0 Å². The van der Waals surface area contributed by atoms with Crippen LogP contribution in [-0.2, 0) is 0 Å². The minimum atomic E-state index is -0.181. The molecule has 0 amide bonds. The minimum absolute atomic E-state index is 0.181. The zero-order chi connectivity index (χ0) is 12.3. The van der Waals surface area contributed by atoms with E-state index in [-0.39, 0.29) is 5.60 Å². The Morgan fingerprint density at radius 1 is 1.19 bits per heavy atom. The summed E-state index contributed by atoms with van der Waals surface area (Å²) in [5.74, 6) is 0.998. The Bertz CT molecular complexity index is 369. The van der Waals surface area contributed by atoms with Gasteiger partial charge < -0.3 is 10.1 Å². The van der Waals surface area contributed by atoms with Gasteiger partial charge >= 0.3 is 0 Å². The third-order valence-corrected chi connectivity index (χ3v) is 2.75. The van der Waals surface area contributed by atoms with E-state index in [1.807, 2.05) is 7.05 Å². The number of nitrogens with one attached hydrogen (secondary N) is 1. The number of aryl methyl sites for hydroxylation is 2. The summed E-state index contributed by atoms with van der Waals surface area (Å²) >= 11 is 0. The van der Waals surface area contributed by atoms with Gasteiger partial charge in [-0.25, -0.2) is 0 Å². The third kappa shape index (κ3) is 3.24. The van der Waals surface area contributed by atoms with Crippen molar-refractivity contribution in [3.8, 4) is 5.75 Å². The fraction of sp³-hybridized carbons (Fsp3) is 0.571. The highest BCUT2D eigenvalue weighted by atomic mass is 16.5. The van der Waals surface area contributed by atoms with E-state index in [2.05, 4.69) is 52.1 Å². The summed E-state index contributed by atoms with van der Waals surface area (Å²) in [5, 5.41) is 3.15. The maximum absolute atomic E-state index is 6.07. The fourth-order valence-electron chi connectivity index (χ4n) is 1.87. The lowest BCUT2D eigenvalue weighted by molar-refractivity contribution is 0.109. The molecule has 0 bridgehead atoms. The van der Waals surface area contributed by atoms with Crippen molar-refractivity contribution in [1.29, 1.82) is 0 Å². The second-order valence-electron chi connectivity index (χ2n) is 5.10. The summed E-state index contributed by atoms with van der Waals surface area (Å²) in [7, 11) is 1.94. The van der Waals surface area contributed by atoms with Gasteiger partial charge in [-0.3, -0.25) is 0 Å². The molecule has 16 heavy (non-hydrogen) atoms. The van der Waals surface area contributed by atoms with Crippen LogP contribution in [0.15, 0.2) is 12.1 Å². The van der Waals surface area contributed by atoms with Gasteiger partial charge in [-0.05, 0) is 64.4 Å². The van der Waals surface area contributed by atoms with E-state index >= 15 is 0 Å². The van der Waals surface area contributed by atoms with Gasteiger partial charge in [0.05, 0.1) is 0 Å². The second kappa shape index (κ2) is 4.88. The zero-order valence-corrected chi connectivity index (χ0v) is 11.3. The van der Waals surface area contributed by atoms with Gasteiger partial charge in [-0.15, -0.1) is 0 Å². The molecule has 0 heterocycles. The molecule has 1 N–H and O–H groups in total. The summed E-state index contributed by atoms with van der Waals surface area (Å²) in [6.45, 7) is 11.4. The monoisotopic (exact) mass is 221 g/mol. The maximum Gasteiger partial charge on any atom is 0.123 e. The number of benzene rings is 1. The normalized spacial score (nSPS) is 11.6. The third-order valence-electron chi connectivity index (χ3n) is 2.75. The average molecular weight is 221 g/mol. The molecule has 2 heteroatoms. The van der Waals surface area contributed by atoms with Crippen molar-refractivity contribution in [2.24, 2.45) is 0 Å². The van der Waals surface area contributed by atoms with Crippen LogP contribution in [0.25, 0.3) is 0 Å². The Morgan fingerprint density at radius 2 is 1.81 bits per heavy atom. The zero-order valence-electron chi connectivity index (χ0n) is 11.3. The number of rotatable bonds is 4. The summed E-state index contributed by atoms with van der Waals surface area (Å²) in [6, 6.07) is 4.30.